The summed E-state index contributed by atoms with van der Waals surface area (Å²) in [5.41, 5.74) is 4.45. The van der Waals surface area contributed by atoms with Crippen LogP contribution in [0.3, 0.4) is 0 Å². The minimum Gasteiger partial charge on any atom is -0.345 e. The molecule has 0 saturated carbocycles. The maximum Gasteiger partial charge on any atom is 0.0954 e. The number of nitrogens with zero attached hydrogens (tertiary/aromatic N) is 3. The summed E-state index contributed by atoms with van der Waals surface area (Å²) >= 11 is 0. The van der Waals surface area contributed by atoms with Gasteiger partial charge in [0.05, 0.1) is 29.7 Å². The van der Waals surface area contributed by atoms with Crippen LogP contribution in [0.5, 0.6) is 0 Å². The molecule has 1 N–H and O–H groups in total. The van der Waals surface area contributed by atoms with Crippen molar-refractivity contribution in [3.63, 3.8) is 0 Å². The molecule has 0 radical (unpaired) electrons. The molecule has 4 aromatic rings. The first kappa shape index (κ1) is 11.9. The normalized spacial score (nSPS) is 12.6. The molecule has 2 aromatic heterocycles. The Kier molecular flexibility index (Phi) is 2.78. The van der Waals surface area contributed by atoms with Crippen LogP contribution in [0.15, 0.2) is 73.6 Å². The molecule has 4 nitrogen and oxygen atoms in total. The number of H-pyrrole nitrogens is 1. The average molecular weight is 274 g/mol. The van der Waals surface area contributed by atoms with Crippen LogP contribution < -0.4 is 0 Å². The van der Waals surface area contributed by atoms with Gasteiger partial charge < -0.3 is 9.55 Å². The SMILES string of the molecule is c1ccc(C(c2ccc3[nH]cnc3c2)n2ccnc2)cc1. The lowest BCUT2D eigenvalue weighted by molar-refractivity contribution is 0.677. The summed E-state index contributed by atoms with van der Waals surface area (Å²) in [5, 5.41) is 0. The fraction of sp³-hybridized carbons (Fsp3) is 0.0588. The second-order valence-corrected chi connectivity index (χ2v) is 5.00. The lowest BCUT2D eigenvalue weighted by Crippen LogP contribution is -2.10. The topological polar surface area (TPSA) is 46.5 Å². The molecule has 4 heteroatoms. The monoisotopic (exact) mass is 274 g/mol. The fourth-order valence-electron chi connectivity index (χ4n) is 2.71. The Bertz CT molecular complexity index is 847. The van der Waals surface area contributed by atoms with E-state index >= 15 is 0 Å². The van der Waals surface area contributed by atoms with Gasteiger partial charge >= 0.3 is 0 Å². The molecule has 0 aliphatic heterocycles. The van der Waals surface area contributed by atoms with Crippen molar-refractivity contribution in [3.05, 3.63) is 84.7 Å². The first-order valence-electron chi connectivity index (χ1n) is 6.87. The van der Waals surface area contributed by atoms with E-state index in [1.165, 1.54) is 11.1 Å². The smallest absolute Gasteiger partial charge is 0.0954 e. The number of hydrogen-bond acceptors (Lipinski definition) is 2. The summed E-state index contributed by atoms with van der Waals surface area (Å²) in [6, 6.07) is 16.9. The number of aromatic nitrogens is 4. The third-order valence-electron chi connectivity index (χ3n) is 3.70. The number of fused-ring (bicyclic) bond motifs is 1. The predicted molar refractivity (Wildman–Crippen MR) is 82.0 cm³/mol. The van der Waals surface area contributed by atoms with Crippen molar-refractivity contribution in [2.75, 3.05) is 0 Å². The molecule has 2 aromatic carbocycles. The van der Waals surface area contributed by atoms with Crippen molar-refractivity contribution < 1.29 is 0 Å². The van der Waals surface area contributed by atoms with Crippen LogP contribution in [0, 0.1) is 0 Å². The molecule has 0 saturated heterocycles. The standard InChI is InChI=1S/C17H14N4/c1-2-4-13(5-3-1)17(21-9-8-18-12-21)14-6-7-15-16(10-14)20-11-19-15/h1-12,17H,(H,19,20). The van der Waals surface area contributed by atoms with E-state index in [0.29, 0.717) is 0 Å². The van der Waals surface area contributed by atoms with Crippen molar-refractivity contribution in [2.45, 2.75) is 6.04 Å². The van der Waals surface area contributed by atoms with Gasteiger partial charge in [0.2, 0.25) is 0 Å². The molecule has 0 fully saturated rings. The molecule has 0 aliphatic carbocycles. The second-order valence-electron chi connectivity index (χ2n) is 5.00. The van der Waals surface area contributed by atoms with Crippen LogP contribution in [0.1, 0.15) is 17.2 Å². The van der Waals surface area contributed by atoms with Gasteiger partial charge in [0.25, 0.3) is 0 Å². The largest absolute Gasteiger partial charge is 0.345 e. The second kappa shape index (κ2) is 4.90. The minimum atomic E-state index is 0.106. The highest BCUT2D eigenvalue weighted by atomic mass is 15.1. The maximum atomic E-state index is 4.36. The Morgan fingerprint density at radius 2 is 1.90 bits per heavy atom. The lowest BCUT2D eigenvalue weighted by Gasteiger charge is -2.19. The molecular formula is C17H14N4. The number of imidazole rings is 2. The van der Waals surface area contributed by atoms with Gasteiger partial charge in [-0.1, -0.05) is 36.4 Å². The Morgan fingerprint density at radius 1 is 1.00 bits per heavy atom. The molecule has 4 rings (SSSR count). The Balaban J connectivity index is 1.89. The van der Waals surface area contributed by atoms with E-state index < -0.39 is 0 Å². The summed E-state index contributed by atoms with van der Waals surface area (Å²) < 4.78 is 2.11. The van der Waals surface area contributed by atoms with Gasteiger partial charge in [0.1, 0.15) is 0 Å². The van der Waals surface area contributed by atoms with Crippen LogP contribution >= 0.6 is 0 Å². The van der Waals surface area contributed by atoms with Crippen LogP contribution in [0.4, 0.5) is 0 Å². The first-order valence-corrected chi connectivity index (χ1v) is 6.87. The number of benzene rings is 2. The number of aromatic amines is 1. The highest BCUT2D eigenvalue weighted by Crippen LogP contribution is 2.28. The van der Waals surface area contributed by atoms with E-state index in [1.807, 2.05) is 24.8 Å². The molecule has 21 heavy (non-hydrogen) atoms. The molecule has 1 unspecified atom stereocenters. The van der Waals surface area contributed by atoms with Gasteiger partial charge in [-0.05, 0) is 23.3 Å². The number of nitrogens with one attached hydrogen (secondary N) is 1. The molecule has 0 aliphatic rings. The maximum absolute atomic E-state index is 4.36. The van der Waals surface area contributed by atoms with E-state index in [1.54, 1.807) is 6.33 Å². The van der Waals surface area contributed by atoms with E-state index in [4.69, 9.17) is 0 Å². The van der Waals surface area contributed by atoms with Crippen molar-refractivity contribution in [2.24, 2.45) is 0 Å². The first-order chi connectivity index (χ1) is 10.4. The summed E-state index contributed by atoms with van der Waals surface area (Å²) in [4.78, 5) is 11.7. The highest BCUT2D eigenvalue weighted by Gasteiger charge is 2.16. The van der Waals surface area contributed by atoms with Crippen molar-refractivity contribution >= 4 is 11.0 Å². The summed E-state index contributed by atoms with van der Waals surface area (Å²) in [7, 11) is 0. The molecule has 0 amide bonds. The summed E-state index contributed by atoms with van der Waals surface area (Å²) in [6.45, 7) is 0. The van der Waals surface area contributed by atoms with Crippen LogP contribution in [0.2, 0.25) is 0 Å². The molecule has 102 valence electrons. The van der Waals surface area contributed by atoms with Gasteiger partial charge in [-0.25, -0.2) is 9.97 Å². The highest BCUT2D eigenvalue weighted by molar-refractivity contribution is 5.75. The Morgan fingerprint density at radius 3 is 2.71 bits per heavy atom. The summed E-state index contributed by atoms with van der Waals surface area (Å²) in [5.74, 6) is 0. The minimum absolute atomic E-state index is 0.106. The Labute approximate surface area is 122 Å². The Hall–Kier alpha value is -2.88. The van der Waals surface area contributed by atoms with Gasteiger partial charge in [-0.2, -0.15) is 0 Å². The van der Waals surface area contributed by atoms with E-state index in [2.05, 4.69) is 62.0 Å². The third kappa shape index (κ3) is 2.10. The van der Waals surface area contributed by atoms with E-state index in [9.17, 15) is 0 Å². The molecule has 2 heterocycles. The van der Waals surface area contributed by atoms with E-state index in [-0.39, 0.29) is 6.04 Å². The zero-order valence-corrected chi connectivity index (χ0v) is 11.3. The zero-order chi connectivity index (χ0) is 14.1. The molecule has 0 spiro atoms. The van der Waals surface area contributed by atoms with E-state index in [0.717, 1.165) is 11.0 Å². The van der Waals surface area contributed by atoms with Crippen LogP contribution in [-0.4, -0.2) is 19.5 Å². The molecule has 1 atom stereocenters. The lowest BCUT2D eigenvalue weighted by atomic mass is 9.98. The van der Waals surface area contributed by atoms with Crippen LogP contribution in [-0.2, 0) is 0 Å². The van der Waals surface area contributed by atoms with Crippen molar-refractivity contribution in [3.8, 4) is 0 Å². The van der Waals surface area contributed by atoms with Gasteiger partial charge in [0, 0.05) is 12.4 Å². The average Bonchev–Trinajstić information content (AvgIpc) is 3.19. The zero-order valence-electron chi connectivity index (χ0n) is 11.3. The molecule has 0 bridgehead atoms. The van der Waals surface area contributed by atoms with Gasteiger partial charge in [0.15, 0.2) is 0 Å². The molecular weight excluding hydrogens is 260 g/mol. The van der Waals surface area contributed by atoms with Crippen molar-refractivity contribution in [1.29, 1.82) is 0 Å². The predicted octanol–water partition coefficient (Wildman–Crippen LogP) is 3.40. The van der Waals surface area contributed by atoms with Gasteiger partial charge in [-0.15, -0.1) is 0 Å². The fourth-order valence-corrected chi connectivity index (χ4v) is 2.71. The van der Waals surface area contributed by atoms with Crippen LogP contribution in [0.25, 0.3) is 11.0 Å². The number of hydrogen-bond donors (Lipinski definition) is 1. The van der Waals surface area contributed by atoms with Gasteiger partial charge in [-0.3, -0.25) is 0 Å². The van der Waals surface area contributed by atoms with Crippen molar-refractivity contribution in [1.82, 2.24) is 19.5 Å². The third-order valence-corrected chi connectivity index (χ3v) is 3.70. The number of rotatable bonds is 3. The quantitative estimate of drug-likeness (QED) is 0.622. The summed E-state index contributed by atoms with van der Waals surface area (Å²) in [6.07, 6.45) is 7.38.